The predicted molar refractivity (Wildman–Crippen MR) is 100 cm³/mol. The van der Waals surface area contributed by atoms with Crippen LogP contribution < -0.4 is 4.31 Å². The quantitative estimate of drug-likeness (QED) is 0.639. The fourth-order valence-electron chi connectivity index (χ4n) is 2.38. The third kappa shape index (κ3) is 6.15. The van der Waals surface area contributed by atoms with E-state index < -0.39 is 10.0 Å². The number of carbonyl (C=O) groups excluding carboxylic acids is 1. The number of anilines is 1. The number of amides is 1. The summed E-state index contributed by atoms with van der Waals surface area (Å²) in [6.45, 7) is 5.44. The molecule has 24 heavy (non-hydrogen) atoms. The molecule has 0 aliphatic carbocycles. The Balaban J connectivity index is 2.92. The molecule has 0 aromatic heterocycles. The largest absolute Gasteiger partial charge is 0.343 e. The van der Waals surface area contributed by atoms with E-state index >= 15 is 0 Å². The molecular weight excluding hydrogens is 371 g/mol. The molecule has 8 heteroatoms. The summed E-state index contributed by atoms with van der Waals surface area (Å²) in [4.78, 5) is 14.1. The Kier molecular flexibility index (Phi) is 8.33. The molecule has 1 aromatic carbocycles. The predicted octanol–water partition coefficient (Wildman–Crippen LogP) is 3.80. The Morgan fingerprint density at radius 3 is 2.08 bits per heavy atom. The van der Waals surface area contributed by atoms with E-state index in [1.54, 1.807) is 17.0 Å². The zero-order chi connectivity index (χ0) is 18.3. The number of halogens is 2. The van der Waals surface area contributed by atoms with Gasteiger partial charge in [-0.2, -0.15) is 0 Å². The van der Waals surface area contributed by atoms with E-state index in [0.717, 1.165) is 19.1 Å². The zero-order valence-electron chi connectivity index (χ0n) is 14.3. The maximum atomic E-state index is 12.4. The molecule has 0 aliphatic rings. The molecule has 1 aromatic rings. The van der Waals surface area contributed by atoms with Gasteiger partial charge in [0.05, 0.1) is 22.0 Å². The van der Waals surface area contributed by atoms with Crippen LogP contribution in [-0.2, 0) is 14.8 Å². The van der Waals surface area contributed by atoms with Gasteiger partial charge in [0.1, 0.15) is 0 Å². The van der Waals surface area contributed by atoms with Gasteiger partial charge in [-0.15, -0.1) is 0 Å². The lowest BCUT2D eigenvalue weighted by Crippen LogP contribution is -2.37. The van der Waals surface area contributed by atoms with E-state index in [-0.39, 0.29) is 23.9 Å². The third-order valence-electron chi connectivity index (χ3n) is 3.46. The van der Waals surface area contributed by atoms with E-state index in [4.69, 9.17) is 23.2 Å². The summed E-state index contributed by atoms with van der Waals surface area (Å²) in [7, 11) is -3.53. The van der Waals surface area contributed by atoms with Gasteiger partial charge in [0.25, 0.3) is 0 Å². The third-order valence-corrected chi connectivity index (χ3v) is 5.39. The summed E-state index contributed by atoms with van der Waals surface area (Å²) < 4.78 is 25.4. The smallest absolute Gasteiger partial charge is 0.232 e. The van der Waals surface area contributed by atoms with E-state index in [0.29, 0.717) is 23.8 Å². The van der Waals surface area contributed by atoms with E-state index in [1.165, 1.54) is 10.4 Å². The number of rotatable bonds is 9. The number of hydrogen-bond acceptors (Lipinski definition) is 3. The summed E-state index contributed by atoms with van der Waals surface area (Å²) in [5.41, 5.74) is 0.400. The van der Waals surface area contributed by atoms with Gasteiger partial charge in [0.2, 0.25) is 15.9 Å². The molecule has 136 valence electrons. The molecule has 0 N–H and O–H groups in total. The van der Waals surface area contributed by atoms with Gasteiger partial charge in [-0.1, -0.05) is 37.0 Å². The minimum absolute atomic E-state index is 0.0487. The van der Waals surface area contributed by atoms with E-state index in [9.17, 15) is 13.2 Å². The first kappa shape index (κ1) is 21.1. The van der Waals surface area contributed by atoms with Crippen LogP contribution in [0.2, 0.25) is 10.0 Å². The molecule has 0 bridgehead atoms. The molecule has 5 nitrogen and oxygen atoms in total. The molecule has 1 amide bonds. The van der Waals surface area contributed by atoms with Gasteiger partial charge in [-0.3, -0.25) is 9.10 Å². The van der Waals surface area contributed by atoms with Crippen LogP contribution >= 0.6 is 23.2 Å². The van der Waals surface area contributed by atoms with Crippen molar-refractivity contribution in [3.05, 3.63) is 28.2 Å². The molecule has 0 saturated heterocycles. The van der Waals surface area contributed by atoms with E-state index in [2.05, 4.69) is 0 Å². The van der Waals surface area contributed by atoms with Crippen LogP contribution in [0.15, 0.2) is 18.2 Å². The van der Waals surface area contributed by atoms with Crippen molar-refractivity contribution in [1.29, 1.82) is 0 Å². The van der Waals surface area contributed by atoms with Crippen LogP contribution in [0.1, 0.15) is 33.1 Å². The van der Waals surface area contributed by atoms with Gasteiger partial charge in [-0.25, -0.2) is 8.42 Å². The average molecular weight is 395 g/mol. The number of carbonyl (C=O) groups is 1. The average Bonchev–Trinajstić information content (AvgIpc) is 2.49. The van der Waals surface area contributed by atoms with Crippen LogP contribution in [-0.4, -0.2) is 45.1 Å². The Hall–Kier alpha value is -0.980. The summed E-state index contributed by atoms with van der Waals surface area (Å²) in [6, 6.07) is 4.61. The molecule has 0 heterocycles. The summed E-state index contributed by atoms with van der Waals surface area (Å²) in [5.74, 6) is -0.0487. The fourth-order valence-corrected chi connectivity index (χ4v) is 3.59. The lowest BCUT2D eigenvalue weighted by Gasteiger charge is -2.25. The van der Waals surface area contributed by atoms with Crippen molar-refractivity contribution in [2.24, 2.45) is 0 Å². The number of nitrogens with zero attached hydrogens (tertiary/aromatic N) is 2. The molecule has 0 saturated carbocycles. The maximum Gasteiger partial charge on any atom is 0.232 e. The summed E-state index contributed by atoms with van der Waals surface area (Å²) in [6.07, 6.45) is 2.96. The number of sulfonamides is 1. The van der Waals surface area contributed by atoms with Crippen LogP contribution in [0, 0.1) is 0 Å². The van der Waals surface area contributed by atoms with Crippen molar-refractivity contribution in [1.82, 2.24) is 4.90 Å². The topological polar surface area (TPSA) is 57.7 Å². The lowest BCUT2D eigenvalue weighted by atomic mass is 10.2. The Bertz CT molecular complexity index is 659. The Morgan fingerprint density at radius 1 is 1.04 bits per heavy atom. The van der Waals surface area contributed by atoms with Gasteiger partial charge in [0.15, 0.2) is 0 Å². The molecule has 0 unspecified atom stereocenters. The van der Waals surface area contributed by atoms with Crippen molar-refractivity contribution in [3.8, 4) is 0 Å². The molecule has 0 radical (unpaired) electrons. The minimum atomic E-state index is -3.53. The zero-order valence-corrected chi connectivity index (χ0v) is 16.6. The normalized spacial score (nSPS) is 11.4. The molecule has 0 atom stereocenters. The number of hydrogen-bond donors (Lipinski definition) is 0. The first-order chi connectivity index (χ1) is 11.2. The fraction of sp³-hybridized carbons (Fsp3) is 0.562. The van der Waals surface area contributed by atoms with Crippen molar-refractivity contribution in [2.45, 2.75) is 33.1 Å². The molecule has 0 spiro atoms. The van der Waals surface area contributed by atoms with Gasteiger partial charge < -0.3 is 4.90 Å². The van der Waals surface area contributed by atoms with Crippen molar-refractivity contribution in [3.63, 3.8) is 0 Å². The number of benzene rings is 1. The van der Waals surface area contributed by atoms with Crippen molar-refractivity contribution < 1.29 is 13.2 Å². The van der Waals surface area contributed by atoms with Crippen LogP contribution in [0.3, 0.4) is 0 Å². The van der Waals surface area contributed by atoms with Gasteiger partial charge in [-0.05, 0) is 31.0 Å². The summed E-state index contributed by atoms with van der Waals surface area (Å²) in [5, 5.41) is 0.620. The maximum absolute atomic E-state index is 12.4. The van der Waals surface area contributed by atoms with Gasteiger partial charge in [0, 0.05) is 26.1 Å². The second kappa shape index (κ2) is 9.49. The first-order valence-corrected chi connectivity index (χ1v) is 10.5. The highest BCUT2D eigenvalue weighted by molar-refractivity contribution is 7.92. The van der Waals surface area contributed by atoms with Crippen LogP contribution in [0.25, 0.3) is 0 Å². The van der Waals surface area contributed by atoms with Crippen molar-refractivity contribution in [2.75, 3.05) is 30.2 Å². The van der Waals surface area contributed by atoms with Crippen molar-refractivity contribution >= 4 is 44.8 Å². The summed E-state index contributed by atoms with van der Waals surface area (Å²) >= 11 is 11.9. The highest BCUT2D eigenvalue weighted by Gasteiger charge is 2.21. The standard InChI is InChI=1S/C16H24Cl2N2O3S/c1-4-9-19(10-5-2)16(21)8-11-20(24(3,22)23)13-6-7-14(17)15(18)12-13/h6-7,12H,4-5,8-11H2,1-3H3. The van der Waals surface area contributed by atoms with Gasteiger partial charge >= 0.3 is 0 Å². The van der Waals surface area contributed by atoms with Crippen LogP contribution in [0.5, 0.6) is 0 Å². The Labute approximate surface area is 154 Å². The monoisotopic (exact) mass is 394 g/mol. The first-order valence-electron chi connectivity index (χ1n) is 7.91. The lowest BCUT2D eigenvalue weighted by molar-refractivity contribution is -0.131. The minimum Gasteiger partial charge on any atom is -0.343 e. The molecule has 0 fully saturated rings. The van der Waals surface area contributed by atoms with E-state index in [1.807, 2.05) is 13.8 Å². The van der Waals surface area contributed by atoms with Crippen LogP contribution in [0.4, 0.5) is 5.69 Å². The SMILES string of the molecule is CCCN(CCC)C(=O)CCN(c1ccc(Cl)c(Cl)c1)S(C)(=O)=O. The molecular formula is C16H24Cl2N2O3S. The highest BCUT2D eigenvalue weighted by Crippen LogP contribution is 2.28. The molecule has 0 aliphatic heterocycles. The second-order valence-corrected chi connectivity index (χ2v) is 8.29. The second-order valence-electron chi connectivity index (χ2n) is 5.56. The highest BCUT2D eigenvalue weighted by atomic mass is 35.5. The molecule has 1 rings (SSSR count). The Morgan fingerprint density at radius 2 is 1.62 bits per heavy atom.